The zero-order valence-corrected chi connectivity index (χ0v) is 8.57. The van der Waals surface area contributed by atoms with Crippen LogP contribution in [0.5, 0.6) is 0 Å². The van der Waals surface area contributed by atoms with Crippen LogP contribution in [0.4, 0.5) is 5.69 Å². The molecule has 0 aromatic heterocycles. The van der Waals surface area contributed by atoms with E-state index in [1.165, 1.54) is 0 Å². The van der Waals surface area contributed by atoms with Crippen molar-refractivity contribution in [2.24, 2.45) is 0 Å². The van der Waals surface area contributed by atoms with Gasteiger partial charge in [-0.05, 0) is 24.1 Å². The molecule has 0 aliphatic rings. The molecule has 0 bridgehead atoms. The molecule has 0 aliphatic carbocycles. The number of benzene rings is 1. The first kappa shape index (κ1) is 11.5. The number of nitrogens with one attached hydrogen (secondary N) is 1. The molecule has 2 N–H and O–H groups in total. The first-order valence-electron chi connectivity index (χ1n) is 4.87. The smallest absolute Gasteiger partial charge is 0.224 e. The fraction of sp³-hybridized carbons (Fsp3) is 0.250. The average Bonchev–Trinajstić information content (AvgIpc) is 2.27. The Morgan fingerprint density at radius 3 is 2.60 bits per heavy atom. The van der Waals surface area contributed by atoms with E-state index in [4.69, 9.17) is 5.11 Å². The minimum Gasteiger partial charge on any atom is -0.392 e. The maximum atomic E-state index is 11.3. The summed E-state index contributed by atoms with van der Waals surface area (Å²) in [5.74, 6) is -0.0216. The highest BCUT2D eigenvalue weighted by molar-refractivity contribution is 5.90. The number of aliphatic hydroxyl groups excluding tert-OH is 1. The van der Waals surface area contributed by atoms with Crippen molar-refractivity contribution in [2.45, 2.75) is 19.4 Å². The molecule has 0 spiro atoms. The molecular weight excluding hydrogens is 190 g/mol. The van der Waals surface area contributed by atoms with E-state index >= 15 is 0 Å². The first-order chi connectivity index (χ1) is 7.26. The van der Waals surface area contributed by atoms with Gasteiger partial charge in [0.1, 0.15) is 0 Å². The Morgan fingerprint density at radius 1 is 1.40 bits per heavy atom. The maximum absolute atomic E-state index is 11.3. The summed E-state index contributed by atoms with van der Waals surface area (Å²) in [5.41, 5.74) is 1.58. The van der Waals surface area contributed by atoms with Crippen molar-refractivity contribution in [3.8, 4) is 0 Å². The quantitative estimate of drug-likeness (QED) is 0.723. The molecule has 80 valence electrons. The van der Waals surface area contributed by atoms with Crippen LogP contribution < -0.4 is 5.32 Å². The molecule has 0 unspecified atom stereocenters. The molecule has 0 saturated heterocycles. The van der Waals surface area contributed by atoms with E-state index in [1.807, 2.05) is 0 Å². The summed E-state index contributed by atoms with van der Waals surface area (Å²) in [6.07, 6.45) is 2.85. The van der Waals surface area contributed by atoms with Crippen LogP contribution in [0.1, 0.15) is 18.4 Å². The van der Waals surface area contributed by atoms with Gasteiger partial charge in [0.15, 0.2) is 0 Å². The Kier molecular flexibility index (Phi) is 4.57. The van der Waals surface area contributed by atoms with Crippen molar-refractivity contribution < 1.29 is 9.90 Å². The molecule has 0 atom stereocenters. The minimum atomic E-state index is -0.0216. The molecule has 1 aromatic carbocycles. The molecule has 1 rings (SSSR count). The second-order valence-electron chi connectivity index (χ2n) is 3.23. The monoisotopic (exact) mass is 205 g/mol. The zero-order chi connectivity index (χ0) is 11.1. The molecule has 0 heterocycles. The summed E-state index contributed by atoms with van der Waals surface area (Å²) in [4.78, 5) is 11.3. The Labute approximate surface area is 89.4 Å². The standard InChI is InChI=1S/C12H15NO2/c1-2-3-4-12(15)13-11-7-5-10(9-14)6-8-11/h2,5-8,14H,1,3-4,9H2,(H,13,15). The molecule has 0 radical (unpaired) electrons. The zero-order valence-electron chi connectivity index (χ0n) is 8.57. The number of rotatable bonds is 5. The molecular formula is C12H15NO2. The molecule has 3 nitrogen and oxygen atoms in total. The van der Waals surface area contributed by atoms with Crippen LogP contribution in [0.25, 0.3) is 0 Å². The first-order valence-corrected chi connectivity index (χ1v) is 4.87. The van der Waals surface area contributed by atoms with Crippen molar-refractivity contribution in [3.05, 3.63) is 42.5 Å². The van der Waals surface area contributed by atoms with Gasteiger partial charge in [-0.1, -0.05) is 18.2 Å². The number of aliphatic hydroxyl groups is 1. The summed E-state index contributed by atoms with van der Waals surface area (Å²) in [5, 5.41) is 11.6. The van der Waals surface area contributed by atoms with E-state index in [9.17, 15) is 4.79 Å². The third-order valence-corrected chi connectivity index (χ3v) is 2.00. The van der Waals surface area contributed by atoms with Gasteiger partial charge in [-0.2, -0.15) is 0 Å². The highest BCUT2D eigenvalue weighted by atomic mass is 16.3. The largest absolute Gasteiger partial charge is 0.392 e. The molecule has 0 fully saturated rings. The molecule has 1 amide bonds. The number of hydrogen-bond acceptors (Lipinski definition) is 2. The van der Waals surface area contributed by atoms with Gasteiger partial charge in [-0.3, -0.25) is 4.79 Å². The van der Waals surface area contributed by atoms with Gasteiger partial charge in [0.25, 0.3) is 0 Å². The van der Waals surface area contributed by atoms with Crippen molar-refractivity contribution >= 4 is 11.6 Å². The Bertz CT molecular complexity index is 330. The summed E-state index contributed by atoms with van der Waals surface area (Å²) in [6.45, 7) is 3.57. The van der Waals surface area contributed by atoms with Crippen LogP contribution in [0.3, 0.4) is 0 Å². The number of hydrogen-bond donors (Lipinski definition) is 2. The lowest BCUT2D eigenvalue weighted by Crippen LogP contribution is -2.10. The predicted molar refractivity (Wildman–Crippen MR) is 60.4 cm³/mol. The second kappa shape index (κ2) is 5.98. The summed E-state index contributed by atoms with van der Waals surface area (Å²) in [7, 11) is 0. The van der Waals surface area contributed by atoms with Crippen LogP contribution in [0.15, 0.2) is 36.9 Å². The highest BCUT2D eigenvalue weighted by Gasteiger charge is 2.00. The maximum Gasteiger partial charge on any atom is 0.224 e. The van der Waals surface area contributed by atoms with E-state index in [1.54, 1.807) is 30.3 Å². The third-order valence-electron chi connectivity index (χ3n) is 2.00. The summed E-state index contributed by atoms with van der Waals surface area (Å²) >= 11 is 0. The van der Waals surface area contributed by atoms with E-state index in [-0.39, 0.29) is 12.5 Å². The van der Waals surface area contributed by atoms with Gasteiger partial charge in [-0.25, -0.2) is 0 Å². The van der Waals surface area contributed by atoms with E-state index in [0.29, 0.717) is 12.8 Å². The van der Waals surface area contributed by atoms with Gasteiger partial charge in [0.05, 0.1) is 6.61 Å². The number of anilines is 1. The van der Waals surface area contributed by atoms with Crippen LogP contribution >= 0.6 is 0 Å². The predicted octanol–water partition coefficient (Wildman–Crippen LogP) is 2.08. The van der Waals surface area contributed by atoms with Gasteiger partial charge >= 0.3 is 0 Å². The number of amides is 1. The third kappa shape index (κ3) is 3.95. The molecule has 0 saturated carbocycles. The molecule has 1 aromatic rings. The van der Waals surface area contributed by atoms with E-state index < -0.39 is 0 Å². The second-order valence-corrected chi connectivity index (χ2v) is 3.23. The number of carbonyl (C=O) groups is 1. The van der Waals surface area contributed by atoms with Gasteiger partial charge < -0.3 is 10.4 Å². The summed E-state index contributed by atoms with van der Waals surface area (Å²) < 4.78 is 0. The van der Waals surface area contributed by atoms with Crippen LogP contribution in [0, 0.1) is 0 Å². The molecule has 0 aliphatic heterocycles. The Balaban J connectivity index is 2.49. The minimum absolute atomic E-state index is 0.0185. The van der Waals surface area contributed by atoms with Gasteiger partial charge in [0.2, 0.25) is 5.91 Å². The topological polar surface area (TPSA) is 49.3 Å². The number of allylic oxidation sites excluding steroid dienone is 1. The Hall–Kier alpha value is -1.61. The fourth-order valence-electron chi connectivity index (χ4n) is 1.15. The van der Waals surface area contributed by atoms with E-state index in [2.05, 4.69) is 11.9 Å². The lowest BCUT2D eigenvalue weighted by atomic mass is 10.2. The van der Waals surface area contributed by atoms with Gasteiger partial charge in [-0.15, -0.1) is 6.58 Å². The van der Waals surface area contributed by atoms with Crippen LogP contribution in [-0.4, -0.2) is 11.0 Å². The van der Waals surface area contributed by atoms with Crippen LogP contribution in [-0.2, 0) is 11.4 Å². The average molecular weight is 205 g/mol. The highest BCUT2D eigenvalue weighted by Crippen LogP contribution is 2.10. The van der Waals surface area contributed by atoms with E-state index in [0.717, 1.165) is 11.3 Å². The molecule has 15 heavy (non-hydrogen) atoms. The van der Waals surface area contributed by atoms with Crippen molar-refractivity contribution in [3.63, 3.8) is 0 Å². The fourth-order valence-corrected chi connectivity index (χ4v) is 1.15. The summed E-state index contributed by atoms with van der Waals surface area (Å²) in [6, 6.07) is 7.11. The number of carbonyl (C=O) groups excluding carboxylic acids is 1. The van der Waals surface area contributed by atoms with Crippen molar-refractivity contribution in [1.29, 1.82) is 0 Å². The SMILES string of the molecule is C=CCCC(=O)Nc1ccc(CO)cc1. The van der Waals surface area contributed by atoms with Gasteiger partial charge in [0, 0.05) is 12.1 Å². The van der Waals surface area contributed by atoms with Crippen molar-refractivity contribution in [2.75, 3.05) is 5.32 Å². The lowest BCUT2D eigenvalue weighted by Gasteiger charge is -2.04. The van der Waals surface area contributed by atoms with Crippen molar-refractivity contribution in [1.82, 2.24) is 0 Å². The van der Waals surface area contributed by atoms with Crippen LogP contribution in [0.2, 0.25) is 0 Å². The molecule has 3 heteroatoms. The Morgan fingerprint density at radius 2 is 2.07 bits per heavy atom. The normalized spacial score (nSPS) is 9.67. The lowest BCUT2D eigenvalue weighted by molar-refractivity contribution is -0.116.